The maximum Gasteiger partial charge on any atom is 0.407 e. The van der Waals surface area contributed by atoms with Gasteiger partial charge in [-0.1, -0.05) is 0 Å². The van der Waals surface area contributed by atoms with Gasteiger partial charge in [-0.25, -0.2) is 13.6 Å². The normalized spacial score (nSPS) is 14.5. The molecule has 2 heterocycles. The van der Waals surface area contributed by atoms with Crippen molar-refractivity contribution in [2.24, 2.45) is 0 Å². The molecule has 1 aromatic heterocycles. The highest BCUT2D eigenvalue weighted by Gasteiger charge is 2.28. The Kier molecular flexibility index (Phi) is 6.19. The third kappa shape index (κ3) is 5.22. The Morgan fingerprint density at radius 1 is 1.30 bits per heavy atom. The van der Waals surface area contributed by atoms with Crippen molar-refractivity contribution in [3.05, 3.63) is 59.4 Å². The molecule has 3 rings (SSSR count). The van der Waals surface area contributed by atoms with Gasteiger partial charge in [-0.3, -0.25) is 9.48 Å². The maximum absolute atomic E-state index is 13.3. The summed E-state index contributed by atoms with van der Waals surface area (Å²) in [5.74, 6) is -0.617. The number of alkyl carbamates (subject to hydrolysis) is 1. The summed E-state index contributed by atoms with van der Waals surface area (Å²) in [7, 11) is 0. The molecule has 0 aliphatic carbocycles. The topological polar surface area (TPSA) is 76.5 Å². The number of aromatic nitrogens is 2. The Balaban J connectivity index is 1.65. The largest absolute Gasteiger partial charge is 0.444 e. The Bertz CT molecular complexity index is 962. The van der Waals surface area contributed by atoms with Crippen molar-refractivity contribution in [1.29, 1.82) is 0 Å². The lowest BCUT2D eigenvalue weighted by molar-refractivity contribution is 0.0532. The Labute approximate surface area is 173 Å². The number of ether oxygens (including phenoxy) is 1. The number of hydrogen-bond donors (Lipinski definition) is 1. The predicted molar refractivity (Wildman–Crippen MR) is 107 cm³/mol. The number of halogens is 2. The molecular formula is C21H24F2N4O3. The first-order chi connectivity index (χ1) is 14.2. The van der Waals surface area contributed by atoms with Crippen LogP contribution in [0.25, 0.3) is 0 Å². The third-order valence-corrected chi connectivity index (χ3v) is 4.40. The number of nitrogens with one attached hydrogen (secondary N) is 1. The van der Waals surface area contributed by atoms with Gasteiger partial charge < -0.3 is 15.0 Å². The van der Waals surface area contributed by atoms with E-state index >= 15 is 0 Å². The van der Waals surface area contributed by atoms with Crippen molar-refractivity contribution in [2.75, 3.05) is 18.0 Å². The highest BCUT2D eigenvalue weighted by molar-refractivity contribution is 6.07. The predicted octanol–water partition coefficient (Wildman–Crippen LogP) is 3.60. The fraction of sp³-hybridized carbons (Fsp3) is 0.381. The molecule has 0 radical (unpaired) electrons. The first kappa shape index (κ1) is 21.5. The van der Waals surface area contributed by atoms with Gasteiger partial charge in [-0.15, -0.1) is 0 Å². The second kappa shape index (κ2) is 8.64. The van der Waals surface area contributed by atoms with Crippen LogP contribution in [0.2, 0.25) is 0 Å². The molecule has 1 N–H and O–H groups in total. The summed E-state index contributed by atoms with van der Waals surface area (Å²) in [6.45, 7) is 5.64. The molecule has 0 saturated carbocycles. The fourth-order valence-electron chi connectivity index (χ4n) is 3.07. The Morgan fingerprint density at radius 2 is 2.00 bits per heavy atom. The molecule has 0 unspecified atom stereocenters. The number of carbonyl (C=O) groups excluding carboxylic acids is 2. The van der Waals surface area contributed by atoms with Crippen molar-refractivity contribution >= 4 is 17.7 Å². The average Bonchev–Trinajstić information content (AvgIpc) is 3.08. The molecule has 1 aliphatic rings. The second-order valence-electron chi connectivity index (χ2n) is 7.99. The van der Waals surface area contributed by atoms with Crippen LogP contribution >= 0.6 is 0 Å². The van der Waals surface area contributed by atoms with E-state index in [4.69, 9.17) is 4.74 Å². The number of nitrogens with zero attached hydrogens (tertiary/aromatic N) is 3. The summed E-state index contributed by atoms with van der Waals surface area (Å²) >= 11 is 0. The van der Waals surface area contributed by atoms with E-state index in [0.717, 1.165) is 0 Å². The van der Waals surface area contributed by atoms with E-state index in [1.165, 1.54) is 16.8 Å². The third-order valence-electron chi connectivity index (χ3n) is 4.40. The van der Waals surface area contributed by atoms with Crippen molar-refractivity contribution in [1.82, 2.24) is 15.1 Å². The zero-order valence-corrected chi connectivity index (χ0v) is 17.1. The SMILES string of the molecule is CC(C)(C)OC(=O)NC/C(=C\F)Cn1cc2c(n1)CCN(c1ccc(F)cc1)C2=O. The van der Waals surface area contributed by atoms with E-state index in [9.17, 15) is 18.4 Å². The smallest absolute Gasteiger partial charge is 0.407 e. The number of anilines is 1. The monoisotopic (exact) mass is 418 g/mol. The molecule has 0 saturated heterocycles. The molecule has 2 aromatic rings. The van der Waals surface area contributed by atoms with Crippen LogP contribution in [0.5, 0.6) is 0 Å². The van der Waals surface area contributed by atoms with E-state index in [1.54, 1.807) is 44.0 Å². The van der Waals surface area contributed by atoms with Crippen LogP contribution in [0.15, 0.2) is 42.4 Å². The van der Waals surface area contributed by atoms with E-state index in [0.29, 0.717) is 36.2 Å². The zero-order chi connectivity index (χ0) is 21.9. The van der Waals surface area contributed by atoms with E-state index < -0.39 is 11.7 Å². The first-order valence-electron chi connectivity index (χ1n) is 9.55. The lowest BCUT2D eigenvalue weighted by Crippen LogP contribution is -2.37. The standard InChI is InChI=1S/C21H24F2N4O3/c1-21(2,3)30-20(29)24-11-14(10-22)12-26-13-17-18(25-26)8-9-27(19(17)28)16-6-4-15(23)5-7-16/h4-7,10,13H,8-9,11-12H2,1-3H3,(H,24,29)/b14-10+. The molecule has 7 nitrogen and oxygen atoms in total. The number of benzene rings is 1. The van der Waals surface area contributed by atoms with Crippen LogP contribution in [-0.2, 0) is 17.7 Å². The van der Waals surface area contributed by atoms with Crippen LogP contribution in [0.4, 0.5) is 19.3 Å². The highest BCUT2D eigenvalue weighted by atomic mass is 19.1. The first-order valence-corrected chi connectivity index (χ1v) is 9.55. The molecule has 1 aromatic carbocycles. The minimum atomic E-state index is -0.651. The average molecular weight is 418 g/mol. The molecule has 0 bridgehead atoms. The minimum absolute atomic E-state index is 0.0500. The van der Waals surface area contributed by atoms with Crippen LogP contribution < -0.4 is 10.2 Å². The van der Waals surface area contributed by atoms with Gasteiger partial charge in [0, 0.05) is 31.4 Å². The van der Waals surface area contributed by atoms with Crippen molar-refractivity contribution in [3.63, 3.8) is 0 Å². The molecule has 160 valence electrons. The number of carbonyl (C=O) groups is 2. The lowest BCUT2D eigenvalue weighted by Gasteiger charge is -2.26. The van der Waals surface area contributed by atoms with Gasteiger partial charge in [-0.2, -0.15) is 5.10 Å². The summed E-state index contributed by atoms with van der Waals surface area (Å²) in [5, 5.41) is 6.87. The van der Waals surface area contributed by atoms with Gasteiger partial charge in [-0.05, 0) is 50.6 Å². The van der Waals surface area contributed by atoms with Crippen LogP contribution in [0.3, 0.4) is 0 Å². The number of rotatable bonds is 5. The highest BCUT2D eigenvalue weighted by Crippen LogP contribution is 2.24. The number of amides is 2. The van der Waals surface area contributed by atoms with Gasteiger partial charge in [0.1, 0.15) is 11.4 Å². The summed E-state index contributed by atoms with van der Waals surface area (Å²) in [5.41, 5.74) is 1.26. The van der Waals surface area contributed by atoms with Gasteiger partial charge >= 0.3 is 6.09 Å². The van der Waals surface area contributed by atoms with E-state index in [-0.39, 0.29) is 30.4 Å². The number of hydrogen-bond acceptors (Lipinski definition) is 4. The Hall–Kier alpha value is -3.23. The molecule has 2 amide bonds. The van der Waals surface area contributed by atoms with E-state index in [2.05, 4.69) is 10.4 Å². The van der Waals surface area contributed by atoms with Crippen LogP contribution in [-0.4, -0.2) is 40.5 Å². The molecule has 0 atom stereocenters. The minimum Gasteiger partial charge on any atom is -0.444 e. The molecule has 0 fully saturated rings. The molecule has 9 heteroatoms. The van der Waals surface area contributed by atoms with Gasteiger partial charge in [0.25, 0.3) is 5.91 Å². The van der Waals surface area contributed by atoms with Crippen molar-refractivity contribution < 1.29 is 23.1 Å². The van der Waals surface area contributed by atoms with Gasteiger partial charge in [0.15, 0.2) is 0 Å². The summed E-state index contributed by atoms with van der Waals surface area (Å²) < 4.78 is 33.1. The molecule has 1 aliphatic heterocycles. The summed E-state index contributed by atoms with van der Waals surface area (Å²) in [6.07, 6.45) is 1.84. The molecule has 0 spiro atoms. The molecule has 30 heavy (non-hydrogen) atoms. The van der Waals surface area contributed by atoms with Gasteiger partial charge in [0.05, 0.1) is 24.1 Å². The second-order valence-corrected chi connectivity index (χ2v) is 7.99. The Morgan fingerprint density at radius 3 is 2.63 bits per heavy atom. The molecular weight excluding hydrogens is 394 g/mol. The van der Waals surface area contributed by atoms with E-state index in [1.807, 2.05) is 0 Å². The number of fused-ring (bicyclic) bond motifs is 1. The fourth-order valence-corrected chi connectivity index (χ4v) is 3.07. The van der Waals surface area contributed by atoms with Crippen LogP contribution in [0.1, 0.15) is 36.8 Å². The summed E-state index contributed by atoms with van der Waals surface area (Å²) in [4.78, 5) is 26.1. The van der Waals surface area contributed by atoms with Crippen LogP contribution in [0, 0.1) is 5.82 Å². The maximum atomic E-state index is 13.3. The quantitative estimate of drug-likeness (QED) is 0.805. The summed E-state index contributed by atoms with van der Waals surface area (Å²) in [6, 6.07) is 5.71. The van der Waals surface area contributed by atoms with Crippen molar-refractivity contribution in [2.45, 2.75) is 39.3 Å². The van der Waals surface area contributed by atoms with Gasteiger partial charge in [0.2, 0.25) is 0 Å². The van der Waals surface area contributed by atoms with Crippen molar-refractivity contribution in [3.8, 4) is 0 Å². The zero-order valence-electron chi connectivity index (χ0n) is 17.1. The lowest BCUT2D eigenvalue weighted by atomic mass is 10.1.